The number of halogens is 1. The molecule has 1 fully saturated rings. The zero-order valence-corrected chi connectivity index (χ0v) is 18.6. The molecule has 0 unspecified atom stereocenters. The van der Waals surface area contributed by atoms with E-state index >= 15 is 0 Å². The Morgan fingerprint density at radius 1 is 1.09 bits per heavy atom. The predicted molar refractivity (Wildman–Crippen MR) is 127 cm³/mol. The van der Waals surface area contributed by atoms with Crippen LogP contribution in [0.25, 0.3) is 6.08 Å². The fourth-order valence-corrected chi connectivity index (χ4v) is 4.66. The van der Waals surface area contributed by atoms with Crippen molar-refractivity contribution in [3.05, 3.63) is 71.7 Å². The summed E-state index contributed by atoms with van der Waals surface area (Å²) in [6, 6.07) is 14.9. The first-order valence-corrected chi connectivity index (χ1v) is 11.6. The number of nitrogens with zero attached hydrogens (tertiary/aromatic N) is 3. The molecule has 9 heteroatoms. The van der Waals surface area contributed by atoms with Crippen LogP contribution in [0, 0.1) is 11.7 Å². The fraction of sp³-hybridized carbons (Fsp3) is 0.250. The molecule has 2 aliphatic heterocycles. The average molecular weight is 467 g/mol. The number of likely N-dealkylation sites (tertiary alicyclic amines) is 1. The molecule has 1 saturated heterocycles. The Morgan fingerprint density at radius 2 is 1.76 bits per heavy atom. The van der Waals surface area contributed by atoms with E-state index in [4.69, 9.17) is 5.73 Å². The number of nitrogens with two attached hydrogens (primary N) is 1. The molecular formula is C24H23FN4O3S. The van der Waals surface area contributed by atoms with Gasteiger partial charge in [0.25, 0.3) is 5.91 Å². The van der Waals surface area contributed by atoms with Gasteiger partial charge in [0.15, 0.2) is 5.17 Å². The van der Waals surface area contributed by atoms with Crippen LogP contribution in [0.15, 0.2) is 65.3 Å². The van der Waals surface area contributed by atoms with Gasteiger partial charge in [0.2, 0.25) is 11.8 Å². The maximum Gasteiger partial charge on any atom is 0.283 e. The van der Waals surface area contributed by atoms with E-state index in [0.29, 0.717) is 36.8 Å². The largest absolute Gasteiger partial charge is 0.369 e. The minimum absolute atomic E-state index is 0.0870. The van der Waals surface area contributed by atoms with Crippen LogP contribution >= 0.6 is 11.8 Å². The molecule has 0 spiro atoms. The summed E-state index contributed by atoms with van der Waals surface area (Å²) in [5, 5.41) is 0.356. The van der Waals surface area contributed by atoms with Gasteiger partial charge in [-0.15, -0.1) is 0 Å². The Morgan fingerprint density at radius 3 is 2.39 bits per heavy atom. The fourth-order valence-electron chi connectivity index (χ4n) is 3.75. The highest BCUT2D eigenvalue weighted by Gasteiger charge is 2.33. The van der Waals surface area contributed by atoms with Crippen molar-refractivity contribution >= 4 is 46.4 Å². The van der Waals surface area contributed by atoms with E-state index in [1.165, 1.54) is 29.2 Å². The number of carbonyl (C=O) groups is 3. The first kappa shape index (κ1) is 22.7. The summed E-state index contributed by atoms with van der Waals surface area (Å²) in [7, 11) is 0. The predicted octanol–water partition coefficient (Wildman–Crippen LogP) is 3.03. The van der Waals surface area contributed by atoms with Gasteiger partial charge < -0.3 is 10.6 Å². The van der Waals surface area contributed by atoms with Gasteiger partial charge >= 0.3 is 0 Å². The highest BCUT2D eigenvalue weighted by molar-refractivity contribution is 8.14. The van der Waals surface area contributed by atoms with Crippen LogP contribution < -0.4 is 10.6 Å². The van der Waals surface area contributed by atoms with E-state index < -0.39 is 5.82 Å². The van der Waals surface area contributed by atoms with Crippen molar-refractivity contribution in [2.75, 3.05) is 23.7 Å². The van der Waals surface area contributed by atoms with Crippen molar-refractivity contribution in [2.24, 2.45) is 16.6 Å². The van der Waals surface area contributed by atoms with Gasteiger partial charge in [0, 0.05) is 19.0 Å². The lowest BCUT2D eigenvalue weighted by Gasteiger charge is -2.30. The lowest BCUT2D eigenvalue weighted by molar-refractivity contribution is -0.132. The monoisotopic (exact) mass is 466 g/mol. The summed E-state index contributed by atoms with van der Waals surface area (Å²) in [4.78, 5) is 44.8. The number of aliphatic imine (C=N–C) groups is 1. The zero-order valence-electron chi connectivity index (χ0n) is 17.8. The van der Waals surface area contributed by atoms with E-state index in [1.54, 1.807) is 11.0 Å². The van der Waals surface area contributed by atoms with Crippen LogP contribution in [0.4, 0.5) is 10.1 Å². The molecule has 2 heterocycles. The first-order valence-electron chi connectivity index (χ1n) is 10.6. The van der Waals surface area contributed by atoms with Crippen molar-refractivity contribution in [1.29, 1.82) is 0 Å². The SMILES string of the molecule is NC(=O)C1CCN(C(=O)CSC2=N/C(=C\c3ccccc3)C(=O)N2c2ccc(F)cc2)CC1. The molecule has 0 aromatic heterocycles. The van der Waals surface area contributed by atoms with E-state index in [2.05, 4.69) is 4.99 Å². The molecule has 33 heavy (non-hydrogen) atoms. The Bertz CT molecular complexity index is 1110. The Balaban J connectivity index is 1.51. The number of amides is 3. The van der Waals surface area contributed by atoms with Gasteiger partial charge in [-0.25, -0.2) is 9.38 Å². The lowest BCUT2D eigenvalue weighted by atomic mass is 9.96. The molecule has 2 aromatic carbocycles. The molecule has 0 radical (unpaired) electrons. The minimum Gasteiger partial charge on any atom is -0.369 e. The van der Waals surface area contributed by atoms with Crippen molar-refractivity contribution < 1.29 is 18.8 Å². The van der Waals surface area contributed by atoms with Crippen LogP contribution in [-0.2, 0) is 14.4 Å². The van der Waals surface area contributed by atoms with Crippen molar-refractivity contribution in [3.63, 3.8) is 0 Å². The summed E-state index contributed by atoms with van der Waals surface area (Å²) in [6.45, 7) is 0.943. The normalized spacial score (nSPS) is 18.0. The number of hydrogen-bond donors (Lipinski definition) is 1. The van der Waals surface area contributed by atoms with Crippen molar-refractivity contribution in [2.45, 2.75) is 12.8 Å². The maximum absolute atomic E-state index is 13.4. The second-order valence-corrected chi connectivity index (χ2v) is 8.74. The Kier molecular flexibility index (Phi) is 6.88. The van der Waals surface area contributed by atoms with Gasteiger partial charge in [-0.2, -0.15) is 0 Å². The van der Waals surface area contributed by atoms with Crippen LogP contribution in [0.2, 0.25) is 0 Å². The number of primary amides is 1. The van der Waals surface area contributed by atoms with E-state index in [1.807, 2.05) is 30.3 Å². The second-order valence-electron chi connectivity index (χ2n) is 7.80. The molecular weight excluding hydrogens is 443 g/mol. The molecule has 2 aliphatic rings. The third-order valence-electron chi connectivity index (χ3n) is 5.59. The Hall–Kier alpha value is -3.46. The summed E-state index contributed by atoms with van der Waals surface area (Å²) >= 11 is 1.16. The molecule has 170 valence electrons. The number of piperidine rings is 1. The van der Waals surface area contributed by atoms with E-state index in [9.17, 15) is 18.8 Å². The van der Waals surface area contributed by atoms with E-state index in [-0.39, 0.29) is 35.1 Å². The van der Waals surface area contributed by atoms with Crippen LogP contribution in [0.1, 0.15) is 18.4 Å². The standard InChI is InChI=1S/C24H23FN4O3S/c25-18-6-8-19(9-7-18)29-23(32)20(14-16-4-2-1-3-5-16)27-24(29)33-15-21(30)28-12-10-17(11-13-28)22(26)31/h1-9,14,17H,10-13,15H2,(H2,26,31)/b20-14-. The molecule has 0 bridgehead atoms. The third-order valence-corrected chi connectivity index (χ3v) is 6.52. The molecule has 2 N–H and O–H groups in total. The van der Waals surface area contributed by atoms with Gasteiger partial charge in [-0.05, 0) is 48.7 Å². The minimum atomic E-state index is -0.411. The number of amidine groups is 1. The van der Waals surface area contributed by atoms with Crippen LogP contribution in [0.3, 0.4) is 0 Å². The number of rotatable bonds is 5. The number of hydrogen-bond acceptors (Lipinski definition) is 5. The van der Waals surface area contributed by atoms with Gasteiger partial charge in [-0.3, -0.25) is 19.3 Å². The smallest absolute Gasteiger partial charge is 0.283 e. The maximum atomic E-state index is 13.4. The first-order chi connectivity index (χ1) is 15.9. The average Bonchev–Trinajstić information content (AvgIpc) is 3.13. The molecule has 4 rings (SSSR count). The number of thioether (sulfide) groups is 1. The second kappa shape index (κ2) is 9.99. The number of anilines is 1. The van der Waals surface area contributed by atoms with Crippen LogP contribution in [-0.4, -0.2) is 46.6 Å². The van der Waals surface area contributed by atoms with Crippen molar-refractivity contribution in [1.82, 2.24) is 4.90 Å². The quantitative estimate of drug-likeness (QED) is 0.685. The van der Waals surface area contributed by atoms with E-state index in [0.717, 1.165) is 17.3 Å². The highest BCUT2D eigenvalue weighted by Crippen LogP contribution is 2.30. The van der Waals surface area contributed by atoms with Gasteiger partial charge in [-0.1, -0.05) is 42.1 Å². The summed E-state index contributed by atoms with van der Waals surface area (Å²) < 4.78 is 13.4. The molecule has 0 saturated carbocycles. The van der Waals surface area contributed by atoms with Gasteiger partial charge in [0.05, 0.1) is 11.4 Å². The van der Waals surface area contributed by atoms with Gasteiger partial charge in [0.1, 0.15) is 11.5 Å². The molecule has 3 amide bonds. The molecule has 0 aliphatic carbocycles. The number of benzene rings is 2. The molecule has 7 nitrogen and oxygen atoms in total. The summed E-state index contributed by atoms with van der Waals surface area (Å²) in [6.07, 6.45) is 2.79. The molecule has 0 atom stereocenters. The summed E-state index contributed by atoms with van der Waals surface area (Å²) in [5.41, 5.74) is 6.90. The van der Waals surface area contributed by atoms with Crippen LogP contribution in [0.5, 0.6) is 0 Å². The Labute approximate surface area is 195 Å². The summed E-state index contributed by atoms with van der Waals surface area (Å²) in [5.74, 6) is -1.29. The zero-order chi connectivity index (χ0) is 23.4. The molecule has 2 aromatic rings. The lowest BCUT2D eigenvalue weighted by Crippen LogP contribution is -2.42. The topological polar surface area (TPSA) is 96.1 Å². The number of carbonyl (C=O) groups excluding carboxylic acids is 3. The van der Waals surface area contributed by atoms with Crippen molar-refractivity contribution in [3.8, 4) is 0 Å². The third kappa shape index (κ3) is 5.31. The highest BCUT2D eigenvalue weighted by atomic mass is 32.2.